The molecule has 0 aliphatic rings. The standard InChI is InChI=1S/C14H6O8S/c15-5-1-3-7-8-4(13(18)20-11(7)9(5)17)2-6(16)10(22-23)12(8)21-14(3)19/h1-2,15-17,23H. The molecule has 3 N–H and O–H groups in total. The fourth-order valence-corrected chi connectivity index (χ4v) is 2.84. The van der Waals surface area contributed by atoms with Crippen molar-refractivity contribution >= 4 is 45.6 Å². The average molecular weight is 334 g/mol. The Morgan fingerprint density at radius 2 is 1.39 bits per heavy atom. The molecule has 0 fully saturated rings. The van der Waals surface area contributed by atoms with Crippen molar-refractivity contribution in [3.8, 4) is 23.0 Å². The minimum absolute atomic E-state index is 0.0628. The van der Waals surface area contributed by atoms with E-state index in [1.165, 1.54) is 0 Å². The van der Waals surface area contributed by atoms with Crippen molar-refractivity contribution in [3.63, 3.8) is 0 Å². The van der Waals surface area contributed by atoms with E-state index in [1.54, 1.807) is 0 Å². The molecular weight excluding hydrogens is 328 g/mol. The third-order valence-corrected chi connectivity index (χ3v) is 3.80. The molecule has 4 aromatic rings. The molecule has 0 radical (unpaired) electrons. The predicted molar refractivity (Wildman–Crippen MR) is 81.8 cm³/mol. The number of phenols is 3. The monoisotopic (exact) mass is 334 g/mol. The first-order valence-corrected chi connectivity index (χ1v) is 6.55. The second-order valence-corrected chi connectivity index (χ2v) is 5.03. The van der Waals surface area contributed by atoms with Gasteiger partial charge in [-0.1, -0.05) is 0 Å². The van der Waals surface area contributed by atoms with Crippen LogP contribution >= 0.6 is 12.9 Å². The maximum absolute atomic E-state index is 12.1. The minimum Gasteiger partial charge on any atom is -0.504 e. The fourth-order valence-electron chi connectivity index (χ4n) is 2.66. The third kappa shape index (κ3) is 1.56. The third-order valence-electron chi connectivity index (χ3n) is 3.62. The van der Waals surface area contributed by atoms with E-state index >= 15 is 0 Å². The van der Waals surface area contributed by atoms with Gasteiger partial charge < -0.3 is 28.3 Å². The maximum atomic E-state index is 12.1. The summed E-state index contributed by atoms with van der Waals surface area (Å²) in [7, 11) is 0. The Morgan fingerprint density at radius 3 is 2.00 bits per heavy atom. The molecule has 4 rings (SSSR count). The zero-order valence-electron chi connectivity index (χ0n) is 11.0. The van der Waals surface area contributed by atoms with E-state index in [2.05, 4.69) is 12.9 Å². The summed E-state index contributed by atoms with van der Waals surface area (Å²) < 4.78 is 14.8. The van der Waals surface area contributed by atoms with Crippen LogP contribution in [0.2, 0.25) is 0 Å². The summed E-state index contributed by atoms with van der Waals surface area (Å²) >= 11 is 3.59. The van der Waals surface area contributed by atoms with Gasteiger partial charge in [0.15, 0.2) is 22.7 Å². The number of aromatic hydroxyl groups is 3. The van der Waals surface area contributed by atoms with Gasteiger partial charge in [0.1, 0.15) is 0 Å². The lowest BCUT2D eigenvalue weighted by molar-refractivity contribution is 0.398. The summed E-state index contributed by atoms with van der Waals surface area (Å²) in [6, 6.07) is 2.07. The van der Waals surface area contributed by atoms with E-state index in [4.69, 9.17) is 13.0 Å². The van der Waals surface area contributed by atoms with Crippen LogP contribution in [0.15, 0.2) is 30.6 Å². The van der Waals surface area contributed by atoms with Crippen LogP contribution in [-0.4, -0.2) is 15.3 Å². The molecule has 8 nitrogen and oxygen atoms in total. The van der Waals surface area contributed by atoms with Crippen LogP contribution in [0, 0.1) is 0 Å². The van der Waals surface area contributed by atoms with Crippen LogP contribution in [0.25, 0.3) is 32.7 Å². The van der Waals surface area contributed by atoms with Gasteiger partial charge in [0.2, 0.25) is 11.5 Å². The van der Waals surface area contributed by atoms with E-state index in [-0.39, 0.29) is 38.5 Å². The van der Waals surface area contributed by atoms with E-state index in [9.17, 15) is 24.9 Å². The van der Waals surface area contributed by atoms with Crippen LogP contribution in [0.4, 0.5) is 0 Å². The molecule has 9 heteroatoms. The molecular formula is C14H6O8S. The van der Waals surface area contributed by atoms with Crippen molar-refractivity contribution in [1.82, 2.24) is 0 Å². The van der Waals surface area contributed by atoms with Gasteiger partial charge in [-0.3, -0.25) is 0 Å². The summed E-state index contributed by atoms with van der Waals surface area (Å²) in [6.07, 6.45) is 0. The second-order valence-electron chi connectivity index (χ2n) is 4.84. The Kier molecular flexibility index (Phi) is 2.50. The maximum Gasteiger partial charge on any atom is 0.344 e. The zero-order valence-corrected chi connectivity index (χ0v) is 11.9. The largest absolute Gasteiger partial charge is 0.504 e. The molecule has 0 saturated carbocycles. The Bertz CT molecular complexity index is 1220. The predicted octanol–water partition coefficient (Wildman–Crippen LogP) is 1.83. The van der Waals surface area contributed by atoms with Gasteiger partial charge in [0.05, 0.1) is 10.8 Å². The smallest absolute Gasteiger partial charge is 0.344 e. The number of phenolic OH excluding ortho intramolecular Hbond substituents is 3. The topological polar surface area (TPSA) is 130 Å². The first-order chi connectivity index (χ1) is 10.9. The lowest BCUT2D eigenvalue weighted by Gasteiger charge is -2.12. The molecule has 2 aromatic carbocycles. The van der Waals surface area contributed by atoms with Crippen molar-refractivity contribution < 1.29 is 28.3 Å². The van der Waals surface area contributed by atoms with Crippen molar-refractivity contribution in [1.29, 1.82) is 0 Å². The molecule has 0 bridgehead atoms. The first kappa shape index (κ1) is 13.6. The van der Waals surface area contributed by atoms with Crippen molar-refractivity contribution in [3.05, 3.63) is 33.0 Å². The number of benzene rings is 2. The molecule has 0 saturated heterocycles. The molecule has 0 aliphatic carbocycles. The summed E-state index contributed by atoms with van der Waals surface area (Å²) in [6.45, 7) is 0. The molecule has 2 aromatic heterocycles. The average Bonchev–Trinajstić information content (AvgIpc) is 2.51. The summed E-state index contributed by atoms with van der Waals surface area (Å²) in [5.41, 5.74) is -2.38. The molecule has 0 atom stereocenters. The Hall–Kier alpha value is -3.07. The molecule has 0 amide bonds. The van der Waals surface area contributed by atoms with Gasteiger partial charge in [-0.25, -0.2) is 9.59 Å². The number of hydrogen-bond acceptors (Lipinski definition) is 9. The van der Waals surface area contributed by atoms with Gasteiger partial charge in [0, 0.05) is 23.7 Å². The number of hydrogen-bond donors (Lipinski definition) is 4. The lowest BCUT2D eigenvalue weighted by atomic mass is 10.0. The fraction of sp³-hybridized carbons (Fsp3) is 0. The first-order valence-electron chi connectivity index (χ1n) is 6.19. The van der Waals surface area contributed by atoms with Gasteiger partial charge >= 0.3 is 11.3 Å². The summed E-state index contributed by atoms with van der Waals surface area (Å²) in [5.74, 6) is -2.07. The second kappa shape index (κ2) is 4.23. The van der Waals surface area contributed by atoms with Crippen molar-refractivity contribution in [2.45, 2.75) is 0 Å². The van der Waals surface area contributed by atoms with Gasteiger partial charge in [-0.15, -0.1) is 0 Å². The van der Waals surface area contributed by atoms with Gasteiger partial charge in [-0.2, -0.15) is 0 Å². The van der Waals surface area contributed by atoms with E-state index in [1.807, 2.05) is 0 Å². The SMILES string of the molecule is O=c1oc2c(OS)c(O)cc3c(=O)oc4c(O)c(O)cc1c4c23. The van der Waals surface area contributed by atoms with E-state index < -0.39 is 28.5 Å². The van der Waals surface area contributed by atoms with E-state index in [0.29, 0.717) is 0 Å². The minimum atomic E-state index is -0.903. The van der Waals surface area contributed by atoms with Crippen LogP contribution < -0.4 is 15.4 Å². The lowest BCUT2D eigenvalue weighted by Crippen LogP contribution is -2.07. The highest BCUT2D eigenvalue weighted by Crippen LogP contribution is 2.45. The quantitative estimate of drug-likeness (QED) is 0.136. The van der Waals surface area contributed by atoms with Crippen LogP contribution in [0.5, 0.6) is 23.0 Å². The van der Waals surface area contributed by atoms with Gasteiger partial charge in [-0.05, 0) is 12.1 Å². The van der Waals surface area contributed by atoms with Crippen LogP contribution in [-0.2, 0) is 0 Å². The molecule has 0 spiro atoms. The Balaban J connectivity index is 2.51. The van der Waals surface area contributed by atoms with E-state index in [0.717, 1.165) is 12.1 Å². The Morgan fingerprint density at radius 1 is 0.870 bits per heavy atom. The number of rotatable bonds is 1. The summed E-state index contributed by atoms with van der Waals surface area (Å²) in [4.78, 5) is 24.2. The highest BCUT2D eigenvalue weighted by Gasteiger charge is 2.25. The van der Waals surface area contributed by atoms with Crippen LogP contribution in [0.3, 0.4) is 0 Å². The van der Waals surface area contributed by atoms with Crippen molar-refractivity contribution in [2.24, 2.45) is 0 Å². The highest BCUT2D eigenvalue weighted by molar-refractivity contribution is 7.75. The molecule has 0 aliphatic heterocycles. The van der Waals surface area contributed by atoms with Crippen molar-refractivity contribution in [2.75, 3.05) is 0 Å². The highest BCUT2D eigenvalue weighted by atomic mass is 32.1. The molecule has 23 heavy (non-hydrogen) atoms. The zero-order chi connectivity index (χ0) is 16.5. The normalized spacial score (nSPS) is 11.7. The Labute approximate surface area is 130 Å². The molecule has 2 heterocycles. The van der Waals surface area contributed by atoms with Gasteiger partial charge in [0.25, 0.3) is 0 Å². The summed E-state index contributed by atoms with van der Waals surface area (Å²) in [5, 5.41) is 29.5. The molecule has 116 valence electrons. The van der Waals surface area contributed by atoms with Crippen LogP contribution in [0.1, 0.15) is 0 Å². The molecule has 0 unspecified atom stereocenters. The number of thiol groups is 1.